The molecule has 2 fully saturated rings. The number of nitrogens with zero attached hydrogens (tertiary/aromatic N) is 3. The van der Waals surface area contributed by atoms with Gasteiger partial charge < -0.3 is 4.90 Å². The van der Waals surface area contributed by atoms with Gasteiger partial charge in [-0.2, -0.15) is 4.31 Å². The molecule has 34 heavy (non-hydrogen) atoms. The maximum atomic E-state index is 13.2. The van der Waals surface area contributed by atoms with Gasteiger partial charge in [-0.1, -0.05) is 54.1 Å². The third-order valence-corrected chi connectivity index (χ3v) is 9.17. The molecule has 8 heteroatoms. The fourth-order valence-corrected chi connectivity index (χ4v) is 6.88. The van der Waals surface area contributed by atoms with E-state index < -0.39 is 10.0 Å². The monoisotopic (exact) mass is 497 g/mol. The van der Waals surface area contributed by atoms with Crippen LogP contribution in [-0.4, -0.2) is 67.7 Å². The zero-order chi connectivity index (χ0) is 23.7. The zero-order valence-corrected chi connectivity index (χ0v) is 20.6. The van der Waals surface area contributed by atoms with Crippen molar-refractivity contribution >= 4 is 38.3 Å². The summed E-state index contributed by atoms with van der Waals surface area (Å²) in [5.74, 6) is -0.153. The first kappa shape index (κ1) is 23.3. The van der Waals surface area contributed by atoms with Crippen LogP contribution in [0.1, 0.15) is 28.8 Å². The maximum absolute atomic E-state index is 13.2. The van der Waals surface area contributed by atoms with Crippen LogP contribution in [-0.2, 0) is 16.6 Å². The van der Waals surface area contributed by atoms with Gasteiger partial charge in [0.1, 0.15) is 4.90 Å². The first-order valence-electron chi connectivity index (χ1n) is 11.7. The van der Waals surface area contributed by atoms with Crippen molar-refractivity contribution in [3.63, 3.8) is 0 Å². The number of carbonyl (C=O) groups excluding carboxylic acids is 1. The molecule has 2 heterocycles. The topological polar surface area (TPSA) is 60.9 Å². The Labute approximate surface area is 205 Å². The fraction of sp³-hybridized carbons (Fsp3) is 0.346. The Bertz CT molecular complexity index is 1310. The molecular weight excluding hydrogens is 470 g/mol. The van der Waals surface area contributed by atoms with Gasteiger partial charge in [0.05, 0.1) is 5.02 Å². The summed E-state index contributed by atoms with van der Waals surface area (Å²) in [5, 5.41) is 2.65. The summed E-state index contributed by atoms with van der Waals surface area (Å²) in [4.78, 5) is 17.4. The van der Waals surface area contributed by atoms with E-state index in [9.17, 15) is 13.2 Å². The molecule has 0 aromatic heterocycles. The molecule has 3 aromatic rings. The standard InChI is InChI=1S/C26H28ClN3O3S/c27-24-11-10-21(18-25(24)34(32,33)30-12-3-4-13-30)26(31)29-16-14-28(15-17-29)19-22-8-5-7-20-6-1-2-9-23(20)22/h1-2,5-11,18H,3-4,12-17,19H2. The highest BCUT2D eigenvalue weighted by Gasteiger charge is 2.31. The van der Waals surface area contributed by atoms with Gasteiger partial charge in [0.15, 0.2) is 0 Å². The Kier molecular flexibility index (Phi) is 6.62. The van der Waals surface area contributed by atoms with Crippen LogP contribution < -0.4 is 0 Å². The number of hydrogen-bond donors (Lipinski definition) is 0. The van der Waals surface area contributed by atoms with Crippen LogP contribution in [0.3, 0.4) is 0 Å². The van der Waals surface area contributed by atoms with E-state index in [1.165, 1.54) is 32.8 Å². The third kappa shape index (κ3) is 4.58. The van der Waals surface area contributed by atoms with Crippen molar-refractivity contribution in [1.82, 2.24) is 14.1 Å². The second-order valence-corrected chi connectivity index (χ2v) is 11.3. The Morgan fingerprint density at radius 3 is 2.32 bits per heavy atom. The summed E-state index contributed by atoms with van der Waals surface area (Å²) in [5.41, 5.74) is 1.65. The minimum atomic E-state index is -3.70. The van der Waals surface area contributed by atoms with E-state index in [4.69, 9.17) is 11.6 Å². The largest absolute Gasteiger partial charge is 0.336 e. The SMILES string of the molecule is O=C(c1ccc(Cl)c(S(=O)(=O)N2CCCC2)c1)N1CCN(Cc2cccc3ccccc23)CC1. The number of benzene rings is 3. The number of piperazine rings is 1. The second-order valence-electron chi connectivity index (χ2n) is 8.96. The van der Waals surface area contributed by atoms with Gasteiger partial charge in [-0.25, -0.2) is 8.42 Å². The molecule has 2 saturated heterocycles. The molecule has 2 aliphatic rings. The summed E-state index contributed by atoms with van der Waals surface area (Å²) in [6.45, 7) is 4.55. The second kappa shape index (κ2) is 9.66. The first-order valence-corrected chi connectivity index (χ1v) is 13.5. The molecule has 0 saturated carbocycles. The molecule has 0 atom stereocenters. The molecule has 0 bridgehead atoms. The van der Waals surface area contributed by atoms with Crippen LogP contribution in [0.4, 0.5) is 0 Å². The van der Waals surface area contributed by atoms with E-state index in [1.807, 2.05) is 0 Å². The van der Waals surface area contributed by atoms with Gasteiger partial charge in [-0.15, -0.1) is 0 Å². The van der Waals surface area contributed by atoms with Gasteiger partial charge in [0.25, 0.3) is 5.91 Å². The zero-order valence-electron chi connectivity index (χ0n) is 19.0. The van der Waals surface area contributed by atoms with E-state index in [0.717, 1.165) is 32.5 Å². The van der Waals surface area contributed by atoms with Gasteiger partial charge in [-0.3, -0.25) is 9.69 Å². The number of amides is 1. The number of hydrogen-bond acceptors (Lipinski definition) is 4. The van der Waals surface area contributed by atoms with Crippen molar-refractivity contribution in [1.29, 1.82) is 0 Å². The lowest BCUT2D eigenvalue weighted by Gasteiger charge is -2.35. The molecule has 2 aliphatic heterocycles. The van der Waals surface area contributed by atoms with Crippen molar-refractivity contribution in [2.45, 2.75) is 24.3 Å². The molecule has 0 aliphatic carbocycles. The van der Waals surface area contributed by atoms with Gasteiger partial charge >= 0.3 is 0 Å². The number of fused-ring (bicyclic) bond motifs is 1. The molecule has 178 valence electrons. The number of rotatable bonds is 5. The quantitative estimate of drug-likeness (QED) is 0.529. The van der Waals surface area contributed by atoms with Crippen LogP contribution in [0.2, 0.25) is 5.02 Å². The minimum absolute atomic E-state index is 0.0245. The first-order chi connectivity index (χ1) is 16.4. The van der Waals surface area contributed by atoms with Gasteiger partial charge in [-0.05, 0) is 47.4 Å². The minimum Gasteiger partial charge on any atom is -0.336 e. The smallest absolute Gasteiger partial charge is 0.253 e. The lowest BCUT2D eigenvalue weighted by atomic mass is 10.0. The Morgan fingerprint density at radius 1 is 0.853 bits per heavy atom. The summed E-state index contributed by atoms with van der Waals surface area (Å²) < 4.78 is 27.5. The molecule has 0 spiro atoms. The van der Waals surface area contributed by atoms with E-state index in [1.54, 1.807) is 11.0 Å². The van der Waals surface area contributed by atoms with Crippen LogP contribution in [0, 0.1) is 0 Å². The highest BCUT2D eigenvalue weighted by atomic mass is 35.5. The lowest BCUT2D eigenvalue weighted by molar-refractivity contribution is 0.0628. The average molecular weight is 498 g/mol. The van der Waals surface area contributed by atoms with Crippen molar-refractivity contribution < 1.29 is 13.2 Å². The van der Waals surface area contributed by atoms with E-state index in [2.05, 4.69) is 47.4 Å². The highest BCUT2D eigenvalue weighted by Crippen LogP contribution is 2.29. The van der Waals surface area contributed by atoms with Crippen molar-refractivity contribution in [3.8, 4) is 0 Å². The molecule has 5 rings (SSSR count). The highest BCUT2D eigenvalue weighted by molar-refractivity contribution is 7.89. The predicted molar refractivity (Wildman–Crippen MR) is 135 cm³/mol. The Balaban J connectivity index is 1.27. The maximum Gasteiger partial charge on any atom is 0.253 e. The summed E-state index contributed by atoms with van der Waals surface area (Å²) in [6, 6.07) is 19.4. The third-order valence-electron chi connectivity index (χ3n) is 6.79. The fourth-order valence-electron chi connectivity index (χ4n) is 4.86. The van der Waals surface area contributed by atoms with E-state index in [0.29, 0.717) is 31.7 Å². The van der Waals surface area contributed by atoms with Crippen LogP contribution >= 0.6 is 11.6 Å². The summed E-state index contributed by atoms with van der Waals surface area (Å²) in [6.07, 6.45) is 1.69. The van der Waals surface area contributed by atoms with Gasteiger partial charge in [0.2, 0.25) is 10.0 Å². The van der Waals surface area contributed by atoms with Gasteiger partial charge in [0, 0.05) is 51.4 Å². The normalized spacial score (nSPS) is 18.0. The molecule has 0 radical (unpaired) electrons. The van der Waals surface area contributed by atoms with E-state index >= 15 is 0 Å². The molecule has 1 amide bonds. The summed E-state index contributed by atoms with van der Waals surface area (Å²) in [7, 11) is -3.70. The molecule has 0 N–H and O–H groups in total. The van der Waals surface area contributed by atoms with E-state index in [-0.39, 0.29) is 15.8 Å². The average Bonchev–Trinajstić information content (AvgIpc) is 3.41. The van der Waals surface area contributed by atoms with Crippen LogP contribution in [0.5, 0.6) is 0 Å². The van der Waals surface area contributed by atoms with Crippen LogP contribution in [0.25, 0.3) is 10.8 Å². The summed E-state index contributed by atoms with van der Waals surface area (Å²) >= 11 is 6.25. The number of halogens is 1. The van der Waals surface area contributed by atoms with Crippen molar-refractivity contribution in [2.75, 3.05) is 39.3 Å². The Hall–Kier alpha value is -2.45. The van der Waals surface area contributed by atoms with Crippen molar-refractivity contribution in [3.05, 3.63) is 76.8 Å². The molecule has 0 unspecified atom stereocenters. The molecular formula is C26H28ClN3O3S. The predicted octanol–water partition coefficient (Wildman–Crippen LogP) is 4.24. The molecule has 6 nitrogen and oxygen atoms in total. The molecule has 3 aromatic carbocycles. The number of carbonyl (C=O) groups is 1. The van der Waals surface area contributed by atoms with Crippen LogP contribution in [0.15, 0.2) is 65.6 Å². The number of sulfonamides is 1. The Morgan fingerprint density at radius 2 is 1.56 bits per heavy atom. The lowest BCUT2D eigenvalue weighted by Crippen LogP contribution is -2.48. The van der Waals surface area contributed by atoms with Crippen molar-refractivity contribution in [2.24, 2.45) is 0 Å².